The van der Waals surface area contributed by atoms with Gasteiger partial charge in [0.25, 0.3) is 5.91 Å². The molecule has 0 saturated carbocycles. The first kappa shape index (κ1) is 17.3. The maximum absolute atomic E-state index is 12.9. The van der Waals surface area contributed by atoms with Crippen LogP contribution in [0.4, 0.5) is 5.13 Å². The minimum atomic E-state index is 0.127. The highest BCUT2D eigenvalue weighted by Gasteiger charge is 2.24. The van der Waals surface area contributed by atoms with Crippen LogP contribution in [0.15, 0.2) is 36.4 Å². The summed E-state index contributed by atoms with van der Waals surface area (Å²) in [5.41, 5.74) is 3.94. The maximum Gasteiger partial charge on any atom is 0.254 e. The fourth-order valence-corrected chi connectivity index (χ4v) is 4.55. The molecule has 1 aliphatic heterocycles. The molecule has 6 heteroatoms. The molecule has 1 aliphatic rings. The minimum Gasteiger partial charge on any atom is -0.345 e. The number of nitrogens with zero attached hydrogens (tertiary/aromatic N) is 3. The second-order valence-corrected chi connectivity index (χ2v) is 8.15. The van der Waals surface area contributed by atoms with Crippen LogP contribution in [0, 0.1) is 13.8 Å². The number of hydrogen-bond acceptors (Lipinski definition) is 4. The Labute approximate surface area is 162 Å². The van der Waals surface area contributed by atoms with Crippen molar-refractivity contribution in [2.45, 2.75) is 13.8 Å². The van der Waals surface area contributed by atoms with Gasteiger partial charge < -0.3 is 9.80 Å². The standard InChI is InChI=1S/C20H20ClN3OS/c1-13-3-4-14(2)16(11-13)19(25)23-7-9-24(10-8-23)20-22-17-6-5-15(21)12-18(17)26-20/h3-6,11-12H,7-10H2,1-2H3. The Morgan fingerprint density at radius 2 is 1.85 bits per heavy atom. The summed E-state index contributed by atoms with van der Waals surface area (Å²) in [7, 11) is 0. The fourth-order valence-electron chi connectivity index (χ4n) is 3.26. The first-order chi connectivity index (χ1) is 12.5. The molecule has 0 radical (unpaired) electrons. The maximum atomic E-state index is 12.9. The van der Waals surface area contributed by atoms with E-state index >= 15 is 0 Å². The summed E-state index contributed by atoms with van der Waals surface area (Å²) < 4.78 is 1.10. The summed E-state index contributed by atoms with van der Waals surface area (Å²) in [5.74, 6) is 0.127. The van der Waals surface area contributed by atoms with Gasteiger partial charge >= 0.3 is 0 Å². The monoisotopic (exact) mass is 385 g/mol. The average Bonchev–Trinajstić information content (AvgIpc) is 3.06. The number of amides is 1. The molecule has 1 fully saturated rings. The molecule has 0 bridgehead atoms. The Kier molecular flexibility index (Phi) is 4.59. The quantitative estimate of drug-likeness (QED) is 0.650. The highest BCUT2D eigenvalue weighted by Crippen LogP contribution is 2.31. The van der Waals surface area contributed by atoms with Crippen molar-refractivity contribution in [3.05, 3.63) is 58.1 Å². The molecule has 4 rings (SSSR count). The van der Waals surface area contributed by atoms with E-state index in [0.717, 1.165) is 50.2 Å². The first-order valence-corrected chi connectivity index (χ1v) is 9.88. The van der Waals surface area contributed by atoms with Crippen molar-refractivity contribution in [1.29, 1.82) is 0 Å². The van der Waals surface area contributed by atoms with Gasteiger partial charge in [-0.15, -0.1) is 0 Å². The fraction of sp³-hybridized carbons (Fsp3) is 0.300. The van der Waals surface area contributed by atoms with Gasteiger partial charge in [-0.25, -0.2) is 4.98 Å². The molecular formula is C20H20ClN3OS. The largest absolute Gasteiger partial charge is 0.345 e. The normalized spacial score (nSPS) is 14.9. The molecule has 2 aromatic carbocycles. The number of hydrogen-bond donors (Lipinski definition) is 0. The molecular weight excluding hydrogens is 366 g/mol. The van der Waals surface area contributed by atoms with Gasteiger partial charge in [-0.3, -0.25) is 4.79 Å². The number of halogens is 1. The zero-order chi connectivity index (χ0) is 18.3. The molecule has 1 amide bonds. The molecule has 0 aliphatic carbocycles. The molecule has 0 N–H and O–H groups in total. The third-order valence-electron chi connectivity index (χ3n) is 4.80. The predicted octanol–water partition coefficient (Wildman–Crippen LogP) is 4.53. The lowest BCUT2D eigenvalue weighted by atomic mass is 10.0. The van der Waals surface area contributed by atoms with Crippen molar-refractivity contribution in [2.75, 3.05) is 31.1 Å². The number of anilines is 1. The van der Waals surface area contributed by atoms with Gasteiger partial charge in [0.15, 0.2) is 5.13 Å². The molecule has 0 unspecified atom stereocenters. The average molecular weight is 386 g/mol. The molecule has 0 spiro atoms. The Balaban J connectivity index is 1.48. The van der Waals surface area contributed by atoms with Crippen molar-refractivity contribution >= 4 is 44.2 Å². The zero-order valence-electron chi connectivity index (χ0n) is 14.8. The van der Waals surface area contributed by atoms with Gasteiger partial charge in [0.1, 0.15) is 0 Å². The van der Waals surface area contributed by atoms with Crippen molar-refractivity contribution in [3.8, 4) is 0 Å². The van der Waals surface area contributed by atoms with Crippen LogP contribution in [0.1, 0.15) is 21.5 Å². The lowest BCUT2D eigenvalue weighted by Crippen LogP contribution is -2.48. The number of thiazole rings is 1. The van der Waals surface area contributed by atoms with E-state index in [4.69, 9.17) is 16.6 Å². The first-order valence-electron chi connectivity index (χ1n) is 8.69. The van der Waals surface area contributed by atoms with Gasteiger partial charge in [0.05, 0.1) is 10.2 Å². The van der Waals surface area contributed by atoms with E-state index in [0.29, 0.717) is 13.1 Å². The van der Waals surface area contributed by atoms with E-state index < -0.39 is 0 Å². The van der Waals surface area contributed by atoms with E-state index in [-0.39, 0.29) is 5.91 Å². The number of carbonyl (C=O) groups is 1. The van der Waals surface area contributed by atoms with Crippen LogP contribution in [-0.4, -0.2) is 42.0 Å². The van der Waals surface area contributed by atoms with E-state index in [9.17, 15) is 4.79 Å². The van der Waals surface area contributed by atoms with E-state index in [1.54, 1.807) is 11.3 Å². The smallest absolute Gasteiger partial charge is 0.254 e. The molecule has 26 heavy (non-hydrogen) atoms. The van der Waals surface area contributed by atoms with Crippen LogP contribution in [0.5, 0.6) is 0 Å². The molecule has 1 aromatic heterocycles. The minimum absolute atomic E-state index is 0.127. The van der Waals surface area contributed by atoms with Gasteiger partial charge in [-0.2, -0.15) is 0 Å². The van der Waals surface area contributed by atoms with Crippen LogP contribution >= 0.6 is 22.9 Å². The third kappa shape index (κ3) is 3.29. The van der Waals surface area contributed by atoms with Crippen LogP contribution < -0.4 is 4.90 Å². The zero-order valence-corrected chi connectivity index (χ0v) is 16.4. The summed E-state index contributed by atoms with van der Waals surface area (Å²) in [6, 6.07) is 11.8. The number of aromatic nitrogens is 1. The third-order valence-corrected chi connectivity index (χ3v) is 6.11. The number of piperazine rings is 1. The Morgan fingerprint density at radius 1 is 1.08 bits per heavy atom. The van der Waals surface area contributed by atoms with Gasteiger partial charge in [0.2, 0.25) is 0 Å². The molecule has 4 nitrogen and oxygen atoms in total. The van der Waals surface area contributed by atoms with E-state index in [1.807, 2.05) is 55.1 Å². The van der Waals surface area contributed by atoms with Crippen LogP contribution in [0.3, 0.4) is 0 Å². The lowest BCUT2D eigenvalue weighted by Gasteiger charge is -2.34. The van der Waals surface area contributed by atoms with E-state index in [1.165, 1.54) is 0 Å². The van der Waals surface area contributed by atoms with Crippen molar-refractivity contribution < 1.29 is 4.79 Å². The second-order valence-electron chi connectivity index (χ2n) is 6.71. The van der Waals surface area contributed by atoms with Crippen LogP contribution in [-0.2, 0) is 0 Å². The SMILES string of the molecule is Cc1ccc(C)c(C(=O)N2CCN(c3nc4ccc(Cl)cc4s3)CC2)c1. The molecule has 0 atom stereocenters. The predicted molar refractivity (Wildman–Crippen MR) is 109 cm³/mol. The lowest BCUT2D eigenvalue weighted by molar-refractivity contribution is 0.0746. The number of aryl methyl sites for hydroxylation is 2. The number of rotatable bonds is 2. The number of fused-ring (bicyclic) bond motifs is 1. The summed E-state index contributed by atoms with van der Waals surface area (Å²) in [4.78, 5) is 21.8. The molecule has 1 saturated heterocycles. The highest BCUT2D eigenvalue weighted by atomic mass is 35.5. The van der Waals surface area contributed by atoms with Gasteiger partial charge in [-0.05, 0) is 43.7 Å². The summed E-state index contributed by atoms with van der Waals surface area (Å²) >= 11 is 7.73. The van der Waals surface area contributed by atoms with Crippen molar-refractivity contribution in [3.63, 3.8) is 0 Å². The number of carbonyl (C=O) groups excluding carboxylic acids is 1. The van der Waals surface area contributed by atoms with Crippen molar-refractivity contribution in [1.82, 2.24) is 9.88 Å². The highest BCUT2D eigenvalue weighted by molar-refractivity contribution is 7.22. The molecule has 134 valence electrons. The molecule has 3 aromatic rings. The van der Waals surface area contributed by atoms with Gasteiger partial charge in [-0.1, -0.05) is 40.6 Å². The van der Waals surface area contributed by atoms with E-state index in [2.05, 4.69) is 4.90 Å². The van der Waals surface area contributed by atoms with Crippen LogP contribution in [0.2, 0.25) is 5.02 Å². The Morgan fingerprint density at radius 3 is 2.62 bits per heavy atom. The van der Waals surface area contributed by atoms with Crippen molar-refractivity contribution in [2.24, 2.45) is 0 Å². The van der Waals surface area contributed by atoms with Gasteiger partial charge in [0, 0.05) is 36.8 Å². The van der Waals surface area contributed by atoms with Crippen LogP contribution in [0.25, 0.3) is 10.2 Å². The summed E-state index contributed by atoms with van der Waals surface area (Å²) in [6.07, 6.45) is 0. The number of benzene rings is 2. The Hall–Kier alpha value is -2.11. The topological polar surface area (TPSA) is 36.4 Å². The Bertz CT molecular complexity index is 976. The summed E-state index contributed by atoms with van der Waals surface area (Å²) in [6.45, 7) is 7.03. The molecule has 2 heterocycles. The summed E-state index contributed by atoms with van der Waals surface area (Å²) in [5, 5.41) is 1.73. The second kappa shape index (κ2) is 6.89.